The van der Waals surface area contributed by atoms with Gasteiger partial charge in [0.05, 0.1) is 25.7 Å². The largest absolute Gasteiger partial charge is 0.497 e. The van der Waals surface area contributed by atoms with E-state index in [2.05, 4.69) is 5.32 Å². The summed E-state index contributed by atoms with van der Waals surface area (Å²) in [7, 11) is 3.15. The average Bonchev–Trinajstić information content (AvgIpc) is 3.09. The number of hydrogen-bond acceptors (Lipinski definition) is 5. The van der Waals surface area contributed by atoms with Gasteiger partial charge in [-0.1, -0.05) is 12.1 Å². The SMILES string of the molecule is COc1ccc(N2C(=O)CS[C@@H]2c2ccc(NC(=O)CCl)cc2)c(OC)c1. The van der Waals surface area contributed by atoms with E-state index in [1.165, 1.54) is 0 Å². The highest BCUT2D eigenvalue weighted by molar-refractivity contribution is 8.00. The van der Waals surface area contributed by atoms with Crippen molar-refractivity contribution in [3.63, 3.8) is 0 Å². The third-order valence-electron chi connectivity index (χ3n) is 4.12. The predicted molar refractivity (Wildman–Crippen MR) is 108 cm³/mol. The second-order valence-electron chi connectivity index (χ2n) is 5.77. The number of nitrogens with one attached hydrogen (secondary N) is 1. The summed E-state index contributed by atoms with van der Waals surface area (Å²) in [6.07, 6.45) is 0. The minimum atomic E-state index is -0.264. The summed E-state index contributed by atoms with van der Waals surface area (Å²) in [5.41, 5.74) is 2.30. The number of ether oxygens (including phenoxy) is 2. The molecule has 8 heteroatoms. The Hall–Kier alpha value is -2.38. The maximum atomic E-state index is 12.6. The highest BCUT2D eigenvalue weighted by Gasteiger charge is 2.35. The molecule has 0 saturated carbocycles. The van der Waals surface area contributed by atoms with Crippen molar-refractivity contribution in [1.82, 2.24) is 0 Å². The molecule has 3 rings (SSSR count). The van der Waals surface area contributed by atoms with E-state index >= 15 is 0 Å². The van der Waals surface area contributed by atoms with Crippen LogP contribution in [-0.2, 0) is 9.59 Å². The lowest BCUT2D eigenvalue weighted by atomic mass is 10.1. The first-order chi connectivity index (χ1) is 13.1. The first-order valence-corrected chi connectivity index (χ1v) is 9.77. The van der Waals surface area contributed by atoms with Crippen LogP contribution in [0.15, 0.2) is 42.5 Å². The molecule has 2 aromatic rings. The van der Waals surface area contributed by atoms with Gasteiger partial charge < -0.3 is 14.8 Å². The molecule has 0 bridgehead atoms. The van der Waals surface area contributed by atoms with Crippen molar-refractivity contribution in [2.45, 2.75) is 5.37 Å². The summed E-state index contributed by atoms with van der Waals surface area (Å²) in [5.74, 6) is 1.25. The highest BCUT2D eigenvalue weighted by atomic mass is 35.5. The first-order valence-electron chi connectivity index (χ1n) is 8.19. The van der Waals surface area contributed by atoms with Gasteiger partial charge in [0.1, 0.15) is 22.8 Å². The summed E-state index contributed by atoms with van der Waals surface area (Å²) in [5, 5.41) is 2.52. The van der Waals surface area contributed by atoms with Crippen LogP contribution < -0.4 is 19.7 Å². The molecular formula is C19H19ClN2O4S. The summed E-state index contributed by atoms with van der Waals surface area (Å²) in [6.45, 7) is 0. The smallest absolute Gasteiger partial charge is 0.239 e. The fourth-order valence-electron chi connectivity index (χ4n) is 2.84. The number of halogens is 1. The molecule has 142 valence electrons. The van der Waals surface area contributed by atoms with Gasteiger partial charge in [0.15, 0.2) is 0 Å². The fraction of sp³-hybridized carbons (Fsp3) is 0.263. The van der Waals surface area contributed by atoms with Crippen LogP contribution in [0.3, 0.4) is 0 Å². The van der Waals surface area contributed by atoms with Crippen molar-refractivity contribution in [2.24, 2.45) is 0 Å². The number of amides is 2. The van der Waals surface area contributed by atoms with E-state index in [-0.39, 0.29) is 23.1 Å². The molecule has 0 radical (unpaired) electrons. The number of thioether (sulfide) groups is 1. The van der Waals surface area contributed by atoms with Gasteiger partial charge in [-0.2, -0.15) is 0 Å². The number of methoxy groups -OCH3 is 2. The molecule has 0 aliphatic carbocycles. The molecule has 2 amide bonds. The normalized spacial score (nSPS) is 16.3. The van der Waals surface area contributed by atoms with E-state index in [0.717, 1.165) is 5.56 Å². The molecule has 1 aliphatic rings. The van der Waals surface area contributed by atoms with E-state index < -0.39 is 0 Å². The number of rotatable bonds is 6. The minimum absolute atomic E-state index is 0.00739. The summed E-state index contributed by atoms with van der Waals surface area (Å²) >= 11 is 7.05. The van der Waals surface area contributed by atoms with Crippen molar-refractivity contribution < 1.29 is 19.1 Å². The van der Waals surface area contributed by atoms with Gasteiger partial charge in [-0.05, 0) is 29.8 Å². The molecule has 27 heavy (non-hydrogen) atoms. The maximum Gasteiger partial charge on any atom is 0.239 e. The monoisotopic (exact) mass is 406 g/mol. The third kappa shape index (κ3) is 4.14. The van der Waals surface area contributed by atoms with E-state index in [1.807, 2.05) is 18.2 Å². The van der Waals surface area contributed by atoms with Crippen LogP contribution in [0.5, 0.6) is 11.5 Å². The summed E-state index contributed by atoms with van der Waals surface area (Å²) in [4.78, 5) is 25.7. The molecule has 1 aliphatic heterocycles. The first kappa shape index (κ1) is 19.4. The zero-order valence-corrected chi connectivity index (χ0v) is 16.5. The highest BCUT2D eigenvalue weighted by Crippen LogP contribution is 2.45. The van der Waals surface area contributed by atoms with Gasteiger partial charge in [-0.15, -0.1) is 23.4 Å². The van der Waals surface area contributed by atoms with Crippen LogP contribution in [-0.4, -0.2) is 37.7 Å². The van der Waals surface area contributed by atoms with Gasteiger partial charge >= 0.3 is 0 Å². The molecule has 1 heterocycles. The molecule has 1 saturated heterocycles. The Morgan fingerprint density at radius 3 is 2.59 bits per heavy atom. The Balaban J connectivity index is 1.90. The minimum Gasteiger partial charge on any atom is -0.497 e. The molecule has 6 nitrogen and oxygen atoms in total. The van der Waals surface area contributed by atoms with Crippen LogP contribution >= 0.6 is 23.4 Å². The van der Waals surface area contributed by atoms with E-state index in [0.29, 0.717) is 28.6 Å². The Bertz CT molecular complexity index is 844. The molecule has 0 aromatic heterocycles. The Morgan fingerprint density at radius 2 is 1.96 bits per heavy atom. The number of alkyl halides is 1. The van der Waals surface area contributed by atoms with Crippen molar-refractivity contribution in [2.75, 3.05) is 36.1 Å². The number of hydrogen-bond donors (Lipinski definition) is 1. The van der Waals surface area contributed by atoms with Gasteiger partial charge in [0, 0.05) is 11.8 Å². The molecule has 2 aromatic carbocycles. The zero-order valence-electron chi connectivity index (χ0n) is 14.9. The van der Waals surface area contributed by atoms with E-state index in [4.69, 9.17) is 21.1 Å². The van der Waals surface area contributed by atoms with Crippen LogP contribution in [0.1, 0.15) is 10.9 Å². The van der Waals surface area contributed by atoms with Crippen LogP contribution in [0.4, 0.5) is 11.4 Å². The van der Waals surface area contributed by atoms with Crippen LogP contribution in [0.25, 0.3) is 0 Å². The van der Waals surface area contributed by atoms with Crippen LogP contribution in [0.2, 0.25) is 0 Å². The Kier molecular flexibility index (Phi) is 6.13. The molecule has 1 fully saturated rings. The maximum absolute atomic E-state index is 12.6. The van der Waals surface area contributed by atoms with E-state index in [1.54, 1.807) is 55.1 Å². The van der Waals surface area contributed by atoms with Crippen molar-refractivity contribution >= 4 is 46.6 Å². The topological polar surface area (TPSA) is 67.9 Å². The van der Waals surface area contributed by atoms with Crippen molar-refractivity contribution in [3.8, 4) is 11.5 Å². The average molecular weight is 407 g/mol. The second kappa shape index (κ2) is 8.54. The lowest BCUT2D eigenvalue weighted by Crippen LogP contribution is -2.28. The number of anilines is 2. The molecule has 1 N–H and O–H groups in total. The molecule has 1 atom stereocenters. The number of benzene rings is 2. The van der Waals surface area contributed by atoms with Gasteiger partial charge in [0.2, 0.25) is 11.8 Å². The summed E-state index contributed by atoms with van der Waals surface area (Å²) < 4.78 is 10.7. The summed E-state index contributed by atoms with van der Waals surface area (Å²) in [6, 6.07) is 12.8. The van der Waals surface area contributed by atoms with E-state index in [9.17, 15) is 9.59 Å². The van der Waals surface area contributed by atoms with Crippen LogP contribution in [0, 0.1) is 0 Å². The second-order valence-corrected chi connectivity index (χ2v) is 7.10. The third-order valence-corrected chi connectivity index (χ3v) is 5.57. The number of nitrogens with zero attached hydrogens (tertiary/aromatic N) is 1. The molecule has 0 spiro atoms. The standard InChI is InChI=1S/C19H19ClN2O4S/c1-25-14-7-8-15(16(9-14)26-2)22-18(24)11-27-19(22)12-3-5-13(6-4-12)21-17(23)10-20/h3-9,19H,10-11H2,1-2H3,(H,21,23)/t19-/m1/s1. The Labute approximate surface area is 166 Å². The lowest BCUT2D eigenvalue weighted by Gasteiger charge is -2.26. The quantitative estimate of drug-likeness (QED) is 0.741. The lowest BCUT2D eigenvalue weighted by molar-refractivity contribution is -0.116. The Morgan fingerprint density at radius 1 is 1.22 bits per heavy atom. The predicted octanol–water partition coefficient (Wildman–Crippen LogP) is 3.66. The molecule has 0 unspecified atom stereocenters. The van der Waals surface area contributed by atoms with Gasteiger partial charge in [0.25, 0.3) is 0 Å². The zero-order chi connectivity index (χ0) is 19.4. The van der Waals surface area contributed by atoms with Crippen molar-refractivity contribution in [1.29, 1.82) is 0 Å². The van der Waals surface area contributed by atoms with Gasteiger partial charge in [-0.25, -0.2) is 0 Å². The number of carbonyl (C=O) groups excluding carboxylic acids is 2. The molecular weight excluding hydrogens is 388 g/mol. The van der Waals surface area contributed by atoms with Gasteiger partial charge in [-0.3, -0.25) is 14.5 Å². The number of carbonyl (C=O) groups is 2. The van der Waals surface area contributed by atoms with Crippen molar-refractivity contribution in [3.05, 3.63) is 48.0 Å². The fourth-order valence-corrected chi connectivity index (χ4v) is 4.08.